The lowest BCUT2D eigenvalue weighted by molar-refractivity contribution is -0.137. The number of hydrogen-bond donors (Lipinski definition) is 0. The van der Waals surface area contributed by atoms with Crippen molar-refractivity contribution in [3.05, 3.63) is 60.2 Å². The molecule has 0 radical (unpaired) electrons. The number of carbonyl (C=O) groups excluding carboxylic acids is 1. The minimum Gasteiger partial charge on any atom is -0.342 e. The first-order chi connectivity index (χ1) is 16.6. The van der Waals surface area contributed by atoms with Crippen LogP contribution in [0.25, 0.3) is 16.7 Å². The molecule has 5 nitrogen and oxygen atoms in total. The van der Waals surface area contributed by atoms with Gasteiger partial charge in [0, 0.05) is 25.3 Å². The van der Waals surface area contributed by atoms with E-state index in [2.05, 4.69) is 34.3 Å². The summed E-state index contributed by atoms with van der Waals surface area (Å²) in [5, 5.41) is 0. The summed E-state index contributed by atoms with van der Waals surface area (Å²) in [7, 11) is 0. The number of nitrogens with zero attached hydrogens (tertiary/aromatic N) is 4. The third-order valence-corrected chi connectivity index (χ3v) is 6.81. The van der Waals surface area contributed by atoms with Crippen LogP contribution in [0.15, 0.2) is 48.5 Å². The maximum atomic E-state index is 13.6. The Kier molecular flexibility index (Phi) is 8.33. The summed E-state index contributed by atoms with van der Waals surface area (Å²) in [6.07, 6.45) is 6.31. The fourth-order valence-electron chi connectivity index (χ4n) is 4.95. The van der Waals surface area contributed by atoms with E-state index in [1.54, 1.807) is 12.1 Å². The standard InChI is InChI=1S/C28H37FN4O/c1-3-5-18-32(19-6-4-2)28(34)22-10-9-17-31(20-22)21-27-30-25-11-7-8-12-26(25)33(27)24-15-13-23(29)14-16-24/h7-8,11-16,22H,3-6,9-10,17-21H2,1-2H3/t22-/m0/s1. The van der Waals surface area contributed by atoms with E-state index < -0.39 is 0 Å². The molecule has 1 saturated heterocycles. The zero-order valence-corrected chi connectivity index (χ0v) is 20.5. The van der Waals surface area contributed by atoms with E-state index in [1.165, 1.54) is 12.1 Å². The van der Waals surface area contributed by atoms with Crippen LogP contribution in [0.4, 0.5) is 4.39 Å². The van der Waals surface area contributed by atoms with E-state index in [-0.39, 0.29) is 11.7 Å². The number of imidazole rings is 1. The number of piperidine rings is 1. The number of fused-ring (bicyclic) bond motifs is 1. The van der Waals surface area contributed by atoms with E-state index in [9.17, 15) is 9.18 Å². The van der Waals surface area contributed by atoms with Gasteiger partial charge in [-0.15, -0.1) is 0 Å². The molecule has 0 spiro atoms. The van der Waals surface area contributed by atoms with E-state index >= 15 is 0 Å². The number of benzene rings is 2. The van der Waals surface area contributed by atoms with Gasteiger partial charge >= 0.3 is 0 Å². The van der Waals surface area contributed by atoms with Crippen LogP contribution in [0.2, 0.25) is 0 Å². The summed E-state index contributed by atoms with van der Waals surface area (Å²) in [5.74, 6) is 1.04. The molecule has 0 N–H and O–H groups in total. The largest absolute Gasteiger partial charge is 0.342 e. The minimum atomic E-state index is -0.247. The molecule has 2 heterocycles. The average molecular weight is 465 g/mol. The van der Waals surface area contributed by atoms with Gasteiger partial charge in [0.2, 0.25) is 5.91 Å². The first-order valence-corrected chi connectivity index (χ1v) is 12.8. The van der Waals surface area contributed by atoms with Gasteiger partial charge in [-0.25, -0.2) is 9.37 Å². The predicted molar refractivity (Wildman–Crippen MR) is 135 cm³/mol. The van der Waals surface area contributed by atoms with Crippen molar-refractivity contribution < 1.29 is 9.18 Å². The molecule has 4 rings (SSSR count). The summed E-state index contributed by atoms with van der Waals surface area (Å²) in [5.41, 5.74) is 2.84. The molecule has 0 aliphatic carbocycles. The number of carbonyl (C=O) groups is 1. The summed E-state index contributed by atoms with van der Waals surface area (Å²) in [6.45, 7) is 8.48. The first-order valence-electron chi connectivity index (χ1n) is 12.8. The zero-order chi connectivity index (χ0) is 23.9. The van der Waals surface area contributed by atoms with Crippen molar-refractivity contribution in [1.82, 2.24) is 19.4 Å². The summed E-state index contributed by atoms with van der Waals surface area (Å²) in [6, 6.07) is 14.6. The number of rotatable bonds is 10. The number of aromatic nitrogens is 2. The topological polar surface area (TPSA) is 41.4 Å². The van der Waals surface area contributed by atoms with Gasteiger partial charge in [0.1, 0.15) is 11.6 Å². The number of halogens is 1. The molecule has 0 bridgehead atoms. The molecular formula is C28H37FN4O. The maximum Gasteiger partial charge on any atom is 0.226 e. The third-order valence-electron chi connectivity index (χ3n) is 6.81. The van der Waals surface area contributed by atoms with Crippen molar-refractivity contribution in [1.29, 1.82) is 0 Å². The Labute approximate surface area is 202 Å². The molecular weight excluding hydrogens is 427 g/mol. The summed E-state index contributed by atoms with van der Waals surface area (Å²) >= 11 is 0. The van der Waals surface area contributed by atoms with E-state index in [0.29, 0.717) is 12.5 Å². The number of likely N-dealkylation sites (tertiary alicyclic amines) is 1. The Morgan fingerprint density at radius 1 is 1.06 bits per heavy atom. The Morgan fingerprint density at radius 3 is 2.47 bits per heavy atom. The second-order valence-corrected chi connectivity index (χ2v) is 9.44. The Hall–Kier alpha value is -2.73. The Morgan fingerprint density at radius 2 is 1.76 bits per heavy atom. The quantitative estimate of drug-likeness (QED) is 0.380. The van der Waals surface area contributed by atoms with Gasteiger partial charge in [0.25, 0.3) is 0 Å². The van der Waals surface area contributed by atoms with Gasteiger partial charge in [-0.2, -0.15) is 0 Å². The first kappa shape index (κ1) is 24.4. The summed E-state index contributed by atoms with van der Waals surface area (Å²) < 4.78 is 15.7. The zero-order valence-electron chi connectivity index (χ0n) is 20.5. The summed E-state index contributed by atoms with van der Waals surface area (Å²) in [4.78, 5) is 22.8. The number of hydrogen-bond acceptors (Lipinski definition) is 3. The molecule has 6 heteroatoms. The predicted octanol–water partition coefficient (Wildman–Crippen LogP) is 5.81. The lowest BCUT2D eigenvalue weighted by Gasteiger charge is -2.35. The number of para-hydroxylation sites is 2. The van der Waals surface area contributed by atoms with Crippen LogP contribution in [-0.2, 0) is 11.3 Å². The molecule has 1 aromatic heterocycles. The molecule has 3 aromatic rings. The molecule has 1 fully saturated rings. The van der Waals surface area contributed by atoms with Crippen molar-refractivity contribution in [2.45, 2.75) is 58.9 Å². The van der Waals surface area contributed by atoms with Crippen LogP contribution in [-0.4, -0.2) is 51.4 Å². The molecule has 2 aromatic carbocycles. The maximum absolute atomic E-state index is 13.6. The van der Waals surface area contributed by atoms with Crippen LogP contribution in [0.3, 0.4) is 0 Å². The van der Waals surface area contributed by atoms with Crippen molar-refractivity contribution in [2.75, 3.05) is 26.2 Å². The lowest BCUT2D eigenvalue weighted by atomic mass is 9.96. The molecule has 0 unspecified atom stereocenters. The van der Waals surface area contributed by atoms with Crippen LogP contribution in [0, 0.1) is 11.7 Å². The average Bonchev–Trinajstić information content (AvgIpc) is 3.22. The molecule has 1 amide bonds. The highest BCUT2D eigenvalue weighted by Crippen LogP contribution is 2.26. The van der Waals surface area contributed by atoms with Crippen LogP contribution < -0.4 is 0 Å². The van der Waals surface area contributed by atoms with Gasteiger partial charge in [-0.05, 0) is 68.6 Å². The van der Waals surface area contributed by atoms with E-state index in [1.807, 2.05) is 18.2 Å². The highest BCUT2D eigenvalue weighted by atomic mass is 19.1. The SMILES string of the molecule is CCCCN(CCCC)C(=O)[C@H]1CCCN(Cc2nc3ccccc3n2-c2ccc(F)cc2)C1. The van der Waals surface area contributed by atoms with Crippen LogP contribution >= 0.6 is 0 Å². The molecule has 1 atom stereocenters. The smallest absolute Gasteiger partial charge is 0.226 e. The van der Waals surface area contributed by atoms with Gasteiger partial charge in [0.05, 0.1) is 23.5 Å². The molecule has 34 heavy (non-hydrogen) atoms. The fraction of sp³-hybridized carbons (Fsp3) is 0.500. The number of unbranched alkanes of at least 4 members (excludes halogenated alkanes) is 2. The Balaban J connectivity index is 1.53. The van der Waals surface area contributed by atoms with Crippen LogP contribution in [0.1, 0.15) is 58.2 Å². The van der Waals surface area contributed by atoms with Crippen molar-refractivity contribution >= 4 is 16.9 Å². The normalized spacial score (nSPS) is 16.7. The highest BCUT2D eigenvalue weighted by molar-refractivity contribution is 5.79. The van der Waals surface area contributed by atoms with Crippen molar-refractivity contribution in [3.63, 3.8) is 0 Å². The highest BCUT2D eigenvalue weighted by Gasteiger charge is 2.30. The fourth-order valence-corrected chi connectivity index (χ4v) is 4.95. The second-order valence-electron chi connectivity index (χ2n) is 9.44. The second kappa shape index (κ2) is 11.6. The molecule has 1 aliphatic rings. The van der Waals surface area contributed by atoms with Gasteiger partial charge < -0.3 is 4.90 Å². The van der Waals surface area contributed by atoms with Crippen molar-refractivity contribution in [3.8, 4) is 5.69 Å². The minimum absolute atomic E-state index is 0.0473. The van der Waals surface area contributed by atoms with Gasteiger partial charge in [-0.1, -0.05) is 38.8 Å². The van der Waals surface area contributed by atoms with Gasteiger partial charge in [0.15, 0.2) is 0 Å². The monoisotopic (exact) mass is 464 g/mol. The number of amides is 1. The molecule has 182 valence electrons. The molecule has 0 saturated carbocycles. The van der Waals surface area contributed by atoms with Crippen molar-refractivity contribution in [2.24, 2.45) is 5.92 Å². The molecule has 1 aliphatic heterocycles. The van der Waals surface area contributed by atoms with Crippen LogP contribution in [0.5, 0.6) is 0 Å². The Bertz CT molecular complexity index is 1070. The lowest BCUT2D eigenvalue weighted by Crippen LogP contribution is -2.45. The van der Waals surface area contributed by atoms with E-state index in [4.69, 9.17) is 4.98 Å². The van der Waals surface area contributed by atoms with E-state index in [0.717, 1.165) is 87.2 Å². The third kappa shape index (κ3) is 5.66. The van der Waals surface area contributed by atoms with Gasteiger partial charge in [-0.3, -0.25) is 14.3 Å².